The Balaban J connectivity index is 1.22. The second-order valence-corrected chi connectivity index (χ2v) is 10.6. The fourth-order valence-corrected chi connectivity index (χ4v) is 5.76. The van der Waals surface area contributed by atoms with Crippen LogP contribution in [0.15, 0.2) is 30.6 Å². The fraction of sp³-hybridized carbons (Fsp3) is 0.385. The van der Waals surface area contributed by atoms with Crippen LogP contribution in [0, 0.1) is 0 Å². The number of rotatable bonds is 4. The van der Waals surface area contributed by atoms with Crippen molar-refractivity contribution >= 4 is 40.1 Å². The summed E-state index contributed by atoms with van der Waals surface area (Å²) in [5, 5.41) is 9.40. The first-order chi connectivity index (χ1) is 18.4. The molecular weight excluding hydrogens is 527 g/mol. The molecule has 2 aliphatic heterocycles. The molecular formula is C26H28Cl2N8O2. The molecule has 2 N–H and O–H groups in total. The molecule has 0 spiro atoms. The van der Waals surface area contributed by atoms with Crippen molar-refractivity contribution in [3.05, 3.63) is 57.6 Å². The van der Waals surface area contributed by atoms with E-state index in [1.54, 1.807) is 12.4 Å². The van der Waals surface area contributed by atoms with Gasteiger partial charge in [0.15, 0.2) is 5.82 Å². The standard InChI is InChI=1S/C26H28Cl2N8O2/c1-15(23-18(27)12-29-13-19(23)28)38-16-3-4-20-17(11-16)24(33-32-20)25-30-21-5-6-36(14-22(21)31-25)26(37)35-9-7-34(2)8-10-35/h3-4,11-13,15H,5-10,14H2,1-2H3,(H,30,31)(H,32,33). The van der Waals surface area contributed by atoms with Crippen LogP contribution >= 0.6 is 23.2 Å². The number of fused-ring (bicyclic) bond motifs is 2. The van der Waals surface area contributed by atoms with Gasteiger partial charge in [-0.05, 0) is 32.2 Å². The van der Waals surface area contributed by atoms with Crippen LogP contribution in [0.5, 0.6) is 5.75 Å². The highest BCUT2D eigenvalue weighted by Crippen LogP contribution is 2.35. The van der Waals surface area contributed by atoms with Gasteiger partial charge in [0.2, 0.25) is 0 Å². The summed E-state index contributed by atoms with van der Waals surface area (Å²) in [4.78, 5) is 31.5. The summed E-state index contributed by atoms with van der Waals surface area (Å²) in [5.41, 5.74) is 4.17. The van der Waals surface area contributed by atoms with Gasteiger partial charge in [0.1, 0.15) is 17.5 Å². The minimum absolute atomic E-state index is 0.0930. The normalized spacial score (nSPS) is 17.1. The Hall–Kier alpha value is -3.34. The molecule has 1 unspecified atom stereocenters. The molecule has 1 saturated heterocycles. The molecule has 0 saturated carbocycles. The van der Waals surface area contributed by atoms with Gasteiger partial charge >= 0.3 is 6.03 Å². The molecule has 2 amide bonds. The first-order valence-electron chi connectivity index (χ1n) is 12.6. The number of piperazine rings is 1. The zero-order valence-electron chi connectivity index (χ0n) is 21.2. The van der Waals surface area contributed by atoms with Crippen molar-refractivity contribution in [1.29, 1.82) is 0 Å². The van der Waals surface area contributed by atoms with E-state index in [-0.39, 0.29) is 12.1 Å². The molecule has 12 heteroatoms. The number of urea groups is 1. The number of ether oxygens (including phenoxy) is 1. The summed E-state index contributed by atoms with van der Waals surface area (Å²) in [7, 11) is 2.09. The number of likely N-dealkylation sites (N-methyl/N-ethyl adjacent to an activating group) is 1. The Morgan fingerprint density at radius 1 is 1.08 bits per heavy atom. The highest BCUT2D eigenvalue weighted by molar-refractivity contribution is 6.35. The lowest BCUT2D eigenvalue weighted by Crippen LogP contribution is -2.52. The van der Waals surface area contributed by atoms with Crippen LogP contribution in [0.4, 0.5) is 4.79 Å². The monoisotopic (exact) mass is 554 g/mol. The van der Waals surface area contributed by atoms with Crippen LogP contribution in [0.2, 0.25) is 10.0 Å². The third-order valence-corrected chi connectivity index (χ3v) is 7.85. The quantitative estimate of drug-likeness (QED) is 0.384. The minimum atomic E-state index is -0.384. The Morgan fingerprint density at radius 2 is 1.84 bits per heavy atom. The van der Waals surface area contributed by atoms with E-state index in [0.29, 0.717) is 52.4 Å². The molecule has 4 aromatic rings. The second-order valence-electron chi connectivity index (χ2n) is 9.81. The average molecular weight is 555 g/mol. The molecule has 6 rings (SSSR count). The summed E-state index contributed by atoms with van der Waals surface area (Å²) in [6.07, 6.45) is 3.43. The van der Waals surface area contributed by atoms with Crippen LogP contribution in [0.3, 0.4) is 0 Å². The van der Waals surface area contributed by atoms with Crippen LogP contribution in [-0.2, 0) is 13.0 Å². The van der Waals surface area contributed by atoms with E-state index >= 15 is 0 Å². The zero-order chi connectivity index (χ0) is 26.4. The van der Waals surface area contributed by atoms with Crippen LogP contribution in [0.25, 0.3) is 22.4 Å². The molecule has 0 aliphatic carbocycles. The summed E-state index contributed by atoms with van der Waals surface area (Å²) in [6, 6.07) is 5.82. The zero-order valence-corrected chi connectivity index (χ0v) is 22.7. The van der Waals surface area contributed by atoms with E-state index in [0.717, 1.165) is 48.5 Å². The molecule has 0 bridgehead atoms. The van der Waals surface area contributed by atoms with Crippen molar-refractivity contribution in [2.45, 2.75) is 26.0 Å². The maximum Gasteiger partial charge on any atom is 0.320 e. The Morgan fingerprint density at radius 3 is 2.61 bits per heavy atom. The van der Waals surface area contributed by atoms with Crippen LogP contribution < -0.4 is 4.74 Å². The smallest absolute Gasteiger partial charge is 0.320 e. The number of aromatic nitrogens is 5. The van der Waals surface area contributed by atoms with Crippen molar-refractivity contribution in [2.75, 3.05) is 39.8 Å². The highest BCUT2D eigenvalue weighted by Gasteiger charge is 2.29. The second kappa shape index (κ2) is 10.1. The molecule has 1 aromatic carbocycles. The van der Waals surface area contributed by atoms with Crippen molar-refractivity contribution in [3.8, 4) is 17.3 Å². The first-order valence-corrected chi connectivity index (χ1v) is 13.4. The lowest BCUT2D eigenvalue weighted by Gasteiger charge is -2.37. The Bertz CT molecular complexity index is 1470. The number of H-pyrrole nitrogens is 2. The van der Waals surface area contributed by atoms with Gasteiger partial charge in [0.05, 0.1) is 33.5 Å². The van der Waals surface area contributed by atoms with Gasteiger partial charge < -0.3 is 24.4 Å². The molecule has 5 heterocycles. The van der Waals surface area contributed by atoms with E-state index in [4.69, 9.17) is 32.9 Å². The lowest BCUT2D eigenvalue weighted by molar-refractivity contribution is 0.118. The number of hydrogen-bond acceptors (Lipinski definition) is 6. The average Bonchev–Trinajstić information content (AvgIpc) is 3.52. The summed E-state index contributed by atoms with van der Waals surface area (Å²) in [5.74, 6) is 1.32. The van der Waals surface area contributed by atoms with E-state index in [1.807, 2.05) is 34.9 Å². The number of nitrogens with one attached hydrogen (secondary N) is 2. The number of amides is 2. The minimum Gasteiger partial charge on any atom is -0.486 e. The molecule has 10 nitrogen and oxygen atoms in total. The Labute approximate surface area is 229 Å². The molecule has 1 atom stereocenters. The van der Waals surface area contributed by atoms with Gasteiger partial charge in [-0.1, -0.05) is 23.2 Å². The number of pyridine rings is 1. The molecule has 1 fully saturated rings. The predicted octanol–water partition coefficient (Wildman–Crippen LogP) is 4.52. The lowest BCUT2D eigenvalue weighted by atomic mass is 10.1. The molecule has 3 aromatic heterocycles. The summed E-state index contributed by atoms with van der Waals surface area (Å²) in [6.45, 7) is 6.37. The number of nitrogens with zero attached hydrogens (tertiary/aromatic N) is 6. The van der Waals surface area contributed by atoms with Gasteiger partial charge in [-0.25, -0.2) is 9.78 Å². The van der Waals surface area contributed by atoms with Crippen LogP contribution in [-0.4, -0.2) is 85.7 Å². The number of carbonyl (C=O) groups is 1. The third kappa shape index (κ3) is 4.68. The SMILES string of the molecule is CC(Oc1ccc2[nH]nc(-c3nc4c([nH]3)CN(C(=O)N3CCN(C)CC3)CC4)c2c1)c1c(Cl)cncc1Cl. The molecule has 2 aliphatic rings. The third-order valence-electron chi connectivity index (χ3n) is 7.24. The highest BCUT2D eigenvalue weighted by atomic mass is 35.5. The maximum atomic E-state index is 13.1. The topological polar surface area (TPSA) is 106 Å². The van der Waals surface area contributed by atoms with E-state index < -0.39 is 0 Å². The summed E-state index contributed by atoms with van der Waals surface area (Å²) < 4.78 is 6.20. The molecule has 38 heavy (non-hydrogen) atoms. The molecule has 198 valence electrons. The summed E-state index contributed by atoms with van der Waals surface area (Å²) >= 11 is 12.6. The van der Waals surface area contributed by atoms with Crippen molar-refractivity contribution in [2.24, 2.45) is 0 Å². The van der Waals surface area contributed by atoms with Crippen molar-refractivity contribution < 1.29 is 9.53 Å². The fourth-order valence-electron chi connectivity index (χ4n) is 5.09. The van der Waals surface area contributed by atoms with E-state index in [9.17, 15) is 4.79 Å². The Kier molecular flexibility index (Phi) is 6.63. The largest absolute Gasteiger partial charge is 0.486 e. The van der Waals surface area contributed by atoms with E-state index in [2.05, 4.69) is 32.1 Å². The number of hydrogen-bond donors (Lipinski definition) is 2. The van der Waals surface area contributed by atoms with Crippen LogP contribution in [0.1, 0.15) is 30.0 Å². The predicted molar refractivity (Wildman–Crippen MR) is 146 cm³/mol. The number of carbonyl (C=O) groups excluding carboxylic acids is 1. The van der Waals surface area contributed by atoms with Gasteiger partial charge in [0.25, 0.3) is 0 Å². The number of aromatic amines is 2. The number of benzene rings is 1. The van der Waals surface area contributed by atoms with Crippen molar-refractivity contribution in [1.82, 2.24) is 39.8 Å². The number of imidazole rings is 1. The van der Waals surface area contributed by atoms with E-state index in [1.165, 1.54) is 0 Å². The van der Waals surface area contributed by atoms with Gasteiger partial charge in [-0.15, -0.1) is 0 Å². The maximum absolute atomic E-state index is 13.1. The number of halogens is 2. The van der Waals surface area contributed by atoms with Crippen molar-refractivity contribution in [3.63, 3.8) is 0 Å². The first kappa shape index (κ1) is 25.0. The van der Waals surface area contributed by atoms with Gasteiger partial charge in [-0.3, -0.25) is 10.1 Å². The van der Waals surface area contributed by atoms with Gasteiger partial charge in [-0.2, -0.15) is 5.10 Å². The molecule has 0 radical (unpaired) electrons. The van der Waals surface area contributed by atoms with Gasteiger partial charge in [0, 0.05) is 62.5 Å².